The van der Waals surface area contributed by atoms with E-state index in [1.807, 2.05) is 25.1 Å². The first-order valence-electron chi connectivity index (χ1n) is 9.95. The summed E-state index contributed by atoms with van der Waals surface area (Å²) in [4.78, 5) is 17.0. The first-order chi connectivity index (χ1) is 15.0. The summed E-state index contributed by atoms with van der Waals surface area (Å²) in [6.07, 6.45) is 8.31. The molecule has 0 radical (unpaired) electrons. The Morgan fingerprint density at radius 1 is 1.23 bits per heavy atom. The molecule has 1 aliphatic carbocycles. The monoisotopic (exact) mass is 435 g/mol. The Balaban J connectivity index is 1.44. The van der Waals surface area contributed by atoms with Crippen LogP contribution in [0.1, 0.15) is 40.4 Å². The molecule has 2 heterocycles. The standard InChI is InChI=1S/C23H19ClFN5O/c1-14-2-6-17(11-19(14)24)30-22(15-3-4-15)18(12-27-30)23(31)28-16-5-7-21(20(25)10-16)29-9-8-26-13-29/h2,5-13,15H,3-4H2,1H3,(H,28,31). The molecule has 31 heavy (non-hydrogen) atoms. The number of rotatable bonds is 5. The Labute approximate surface area is 183 Å². The number of aryl methyl sites for hydroxylation is 1. The first-order valence-corrected chi connectivity index (χ1v) is 10.3. The number of imidazole rings is 1. The number of carbonyl (C=O) groups is 1. The zero-order chi connectivity index (χ0) is 21.5. The van der Waals surface area contributed by atoms with Gasteiger partial charge in [-0.15, -0.1) is 0 Å². The minimum atomic E-state index is -0.455. The number of hydrogen-bond donors (Lipinski definition) is 1. The Kier molecular flexibility index (Phi) is 4.82. The van der Waals surface area contributed by atoms with E-state index in [4.69, 9.17) is 11.6 Å². The predicted molar refractivity (Wildman–Crippen MR) is 117 cm³/mol. The van der Waals surface area contributed by atoms with Crippen molar-refractivity contribution in [3.63, 3.8) is 0 Å². The van der Waals surface area contributed by atoms with Gasteiger partial charge in [0.2, 0.25) is 0 Å². The van der Waals surface area contributed by atoms with Gasteiger partial charge in [0.25, 0.3) is 5.91 Å². The molecule has 156 valence electrons. The van der Waals surface area contributed by atoms with Crippen LogP contribution >= 0.6 is 11.6 Å². The van der Waals surface area contributed by atoms with Gasteiger partial charge in [0.15, 0.2) is 0 Å². The Bertz CT molecular complexity index is 1280. The van der Waals surface area contributed by atoms with Gasteiger partial charge in [-0.1, -0.05) is 17.7 Å². The summed E-state index contributed by atoms with van der Waals surface area (Å²) in [6, 6.07) is 10.3. The highest BCUT2D eigenvalue weighted by molar-refractivity contribution is 6.31. The molecule has 8 heteroatoms. The third kappa shape index (κ3) is 3.72. The number of anilines is 1. The van der Waals surface area contributed by atoms with Crippen LogP contribution in [0.25, 0.3) is 11.4 Å². The van der Waals surface area contributed by atoms with E-state index >= 15 is 0 Å². The molecule has 0 atom stereocenters. The summed E-state index contributed by atoms with van der Waals surface area (Å²) in [5.74, 6) is -0.506. The van der Waals surface area contributed by atoms with Crippen molar-refractivity contribution in [2.75, 3.05) is 5.32 Å². The smallest absolute Gasteiger partial charge is 0.259 e. The Morgan fingerprint density at radius 3 is 2.74 bits per heavy atom. The molecule has 2 aromatic carbocycles. The SMILES string of the molecule is Cc1ccc(-n2ncc(C(=O)Nc3ccc(-n4ccnc4)c(F)c3)c2C2CC2)cc1Cl. The van der Waals surface area contributed by atoms with Gasteiger partial charge in [0.05, 0.1) is 35.2 Å². The van der Waals surface area contributed by atoms with Crippen molar-refractivity contribution in [2.45, 2.75) is 25.7 Å². The summed E-state index contributed by atoms with van der Waals surface area (Å²) in [5.41, 5.74) is 3.86. The van der Waals surface area contributed by atoms with Crippen LogP contribution < -0.4 is 5.32 Å². The highest BCUT2D eigenvalue weighted by Crippen LogP contribution is 2.42. The molecule has 0 bridgehead atoms. The number of hydrogen-bond acceptors (Lipinski definition) is 3. The van der Waals surface area contributed by atoms with Crippen molar-refractivity contribution < 1.29 is 9.18 Å². The maximum Gasteiger partial charge on any atom is 0.259 e. The number of nitrogens with one attached hydrogen (secondary N) is 1. The van der Waals surface area contributed by atoms with Gasteiger partial charge in [0.1, 0.15) is 5.82 Å². The summed E-state index contributed by atoms with van der Waals surface area (Å²) in [7, 11) is 0. The highest BCUT2D eigenvalue weighted by Gasteiger charge is 2.33. The molecule has 6 nitrogen and oxygen atoms in total. The van der Waals surface area contributed by atoms with Crippen LogP contribution in [-0.4, -0.2) is 25.2 Å². The third-order valence-electron chi connectivity index (χ3n) is 5.40. The van der Waals surface area contributed by atoms with E-state index in [9.17, 15) is 9.18 Å². The summed E-state index contributed by atoms with van der Waals surface area (Å²) >= 11 is 6.29. The molecule has 0 aliphatic heterocycles. The third-order valence-corrected chi connectivity index (χ3v) is 5.81. The summed E-state index contributed by atoms with van der Waals surface area (Å²) < 4.78 is 17.9. The molecule has 0 saturated heterocycles. The van der Waals surface area contributed by atoms with Crippen molar-refractivity contribution in [1.29, 1.82) is 0 Å². The van der Waals surface area contributed by atoms with E-state index in [1.54, 1.807) is 40.0 Å². The van der Waals surface area contributed by atoms with Gasteiger partial charge in [-0.25, -0.2) is 14.1 Å². The zero-order valence-corrected chi connectivity index (χ0v) is 17.5. The lowest BCUT2D eigenvalue weighted by atomic mass is 10.1. The molecule has 2 aromatic heterocycles. The fourth-order valence-corrected chi connectivity index (χ4v) is 3.77. The Morgan fingerprint density at radius 2 is 2.06 bits per heavy atom. The van der Waals surface area contributed by atoms with Gasteiger partial charge >= 0.3 is 0 Å². The minimum absolute atomic E-state index is 0.267. The van der Waals surface area contributed by atoms with E-state index in [0.29, 0.717) is 22.0 Å². The molecular weight excluding hydrogens is 417 g/mol. The summed E-state index contributed by atoms with van der Waals surface area (Å²) in [6.45, 7) is 1.94. The van der Waals surface area contributed by atoms with E-state index in [0.717, 1.165) is 29.8 Å². The van der Waals surface area contributed by atoms with Gasteiger partial charge in [0, 0.05) is 29.0 Å². The van der Waals surface area contributed by atoms with Gasteiger partial charge in [-0.05, 0) is 55.7 Å². The van der Waals surface area contributed by atoms with Gasteiger partial charge in [-0.3, -0.25) is 4.79 Å². The summed E-state index contributed by atoms with van der Waals surface area (Å²) in [5, 5.41) is 7.90. The fourth-order valence-electron chi connectivity index (χ4n) is 3.60. The molecular formula is C23H19ClFN5O. The normalized spacial score (nSPS) is 13.4. The fraction of sp³-hybridized carbons (Fsp3) is 0.174. The van der Waals surface area contributed by atoms with Crippen molar-refractivity contribution in [2.24, 2.45) is 0 Å². The molecule has 4 aromatic rings. The largest absolute Gasteiger partial charge is 0.322 e. The second-order valence-electron chi connectivity index (χ2n) is 7.65. The number of amides is 1. The maximum absolute atomic E-state index is 14.6. The predicted octanol–water partition coefficient (Wildman–Crippen LogP) is 5.29. The van der Waals surface area contributed by atoms with Crippen molar-refractivity contribution in [3.8, 4) is 11.4 Å². The second kappa shape index (κ2) is 7.67. The number of nitrogens with zero attached hydrogens (tertiary/aromatic N) is 4. The van der Waals surface area contributed by atoms with Crippen LogP contribution in [-0.2, 0) is 0 Å². The van der Waals surface area contributed by atoms with Crippen LogP contribution in [0.3, 0.4) is 0 Å². The zero-order valence-electron chi connectivity index (χ0n) is 16.7. The lowest BCUT2D eigenvalue weighted by Crippen LogP contribution is -2.14. The van der Waals surface area contributed by atoms with Gasteiger partial charge < -0.3 is 9.88 Å². The number of aromatic nitrogens is 4. The number of carbonyl (C=O) groups excluding carboxylic acids is 1. The van der Waals surface area contributed by atoms with Crippen LogP contribution in [0, 0.1) is 12.7 Å². The van der Waals surface area contributed by atoms with E-state index < -0.39 is 5.82 Å². The van der Waals surface area contributed by atoms with E-state index in [1.165, 1.54) is 12.4 Å². The molecule has 1 amide bonds. The number of halogens is 2. The van der Waals surface area contributed by atoms with Crippen LogP contribution in [0.2, 0.25) is 5.02 Å². The molecule has 1 N–H and O–H groups in total. The molecule has 1 fully saturated rings. The molecule has 5 rings (SSSR count). The topological polar surface area (TPSA) is 64.7 Å². The van der Waals surface area contributed by atoms with Gasteiger partial charge in [-0.2, -0.15) is 5.10 Å². The number of benzene rings is 2. The van der Waals surface area contributed by atoms with E-state index in [2.05, 4.69) is 15.4 Å². The maximum atomic E-state index is 14.6. The van der Waals surface area contributed by atoms with E-state index in [-0.39, 0.29) is 11.8 Å². The second-order valence-corrected chi connectivity index (χ2v) is 8.06. The average Bonchev–Trinajstić information content (AvgIpc) is 3.25. The van der Waals surface area contributed by atoms with Crippen LogP contribution in [0.15, 0.2) is 61.3 Å². The van der Waals surface area contributed by atoms with Crippen molar-refractivity contribution >= 4 is 23.2 Å². The lowest BCUT2D eigenvalue weighted by Gasteiger charge is -2.11. The van der Waals surface area contributed by atoms with Crippen molar-refractivity contribution in [1.82, 2.24) is 19.3 Å². The Hall–Kier alpha value is -3.45. The van der Waals surface area contributed by atoms with Crippen molar-refractivity contribution in [3.05, 3.63) is 89.0 Å². The van der Waals surface area contributed by atoms with Crippen LogP contribution in [0.4, 0.5) is 10.1 Å². The quantitative estimate of drug-likeness (QED) is 0.463. The first kappa shape index (κ1) is 19.5. The molecule has 0 unspecified atom stereocenters. The molecule has 1 saturated carbocycles. The minimum Gasteiger partial charge on any atom is -0.322 e. The lowest BCUT2D eigenvalue weighted by molar-refractivity contribution is 0.102. The average molecular weight is 436 g/mol. The molecule has 0 spiro atoms. The highest BCUT2D eigenvalue weighted by atomic mass is 35.5. The van der Waals surface area contributed by atoms with Crippen LogP contribution in [0.5, 0.6) is 0 Å². The molecule has 1 aliphatic rings.